The van der Waals surface area contributed by atoms with Gasteiger partial charge in [-0.2, -0.15) is 0 Å². The quantitative estimate of drug-likeness (QED) is 0.517. The van der Waals surface area contributed by atoms with Gasteiger partial charge < -0.3 is 5.11 Å². The third-order valence-corrected chi connectivity index (χ3v) is 3.19. The zero-order valence-electron chi connectivity index (χ0n) is 10.0. The fourth-order valence-corrected chi connectivity index (χ4v) is 2.08. The molecule has 0 saturated carbocycles. The Morgan fingerprint density at radius 2 is 2.20 bits per heavy atom. The molecule has 0 bridgehead atoms. The highest BCUT2D eigenvalue weighted by Gasteiger charge is 2.14. The lowest BCUT2D eigenvalue weighted by Crippen LogP contribution is -2.21. The highest BCUT2D eigenvalue weighted by Crippen LogP contribution is 2.17. The number of benzene rings is 1. The Bertz CT molecular complexity index is 668. The molecule has 1 aromatic carbocycles. The van der Waals surface area contributed by atoms with Gasteiger partial charge in [-0.15, -0.1) is 11.3 Å². The van der Waals surface area contributed by atoms with Crippen LogP contribution in [-0.4, -0.2) is 21.8 Å². The molecule has 7 heteroatoms. The SMILES string of the molecule is O=C(C=C(O)c1cccc(Cl)c1)C(=O)Nc1nccs1. The van der Waals surface area contributed by atoms with Crippen molar-refractivity contribution in [2.75, 3.05) is 5.32 Å². The maximum absolute atomic E-state index is 11.6. The van der Waals surface area contributed by atoms with E-state index < -0.39 is 11.7 Å². The summed E-state index contributed by atoms with van der Waals surface area (Å²) in [6.45, 7) is 0. The van der Waals surface area contributed by atoms with Crippen LogP contribution in [0.15, 0.2) is 41.9 Å². The molecule has 0 aliphatic rings. The number of amides is 1. The lowest BCUT2D eigenvalue weighted by molar-refractivity contribution is -0.131. The summed E-state index contributed by atoms with van der Waals surface area (Å²) in [6, 6.07) is 6.32. The zero-order chi connectivity index (χ0) is 14.5. The number of anilines is 1. The molecule has 1 heterocycles. The molecule has 102 valence electrons. The summed E-state index contributed by atoms with van der Waals surface area (Å²) in [4.78, 5) is 27.0. The molecule has 0 atom stereocenters. The van der Waals surface area contributed by atoms with Gasteiger partial charge in [-0.25, -0.2) is 4.98 Å². The lowest BCUT2D eigenvalue weighted by Gasteiger charge is -2.01. The molecule has 0 aliphatic carbocycles. The van der Waals surface area contributed by atoms with Gasteiger partial charge in [0.15, 0.2) is 5.13 Å². The van der Waals surface area contributed by atoms with E-state index in [0.29, 0.717) is 15.7 Å². The molecule has 0 fully saturated rings. The molecule has 0 aliphatic heterocycles. The van der Waals surface area contributed by atoms with Gasteiger partial charge >= 0.3 is 0 Å². The summed E-state index contributed by atoms with van der Waals surface area (Å²) in [5.41, 5.74) is 0.355. The number of aliphatic hydroxyl groups is 1. The van der Waals surface area contributed by atoms with Gasteiger partial charge in [0, 0.05) is 28.2 Å². The van der Waals surface area contributed by atoms with Crippen LogP contribution in [0.5, 0.6) is 0 Å². The van der Waals surface area contributed by atoms with Crippen molar-refractivity contribution in [2.24, 2.45) is 0 Å². The Morgan fingerprint density at radius 3 is 2.85 bits per heavy atom. The van der Waals surface area contributed by atoms with Crippen LogP contribution in [0, 0.1) is 0 Å². The lowest BCUT2D eigenvalue weighted by atomic mass is 10.1. The second-order valence-corrected chi connectivity index (χ2v) is 5.03. The van der Waals surface area contributed by atoms with Crippen LogP contribution < -0.4 is 5.32 Å². The van der Waals surface area contributed by atoms with E-state index in [2.05, 4.69) is 10.3 Å². The van der Waals surface area contributed by atoms with E-state index in [0.717, 1.165) is 6.08 Å². The smallest absolute Gasteiger partial charge is 0.298 e. The molecule has 2 aromatic rings. The minimum atomic E-state index is -0.877. The number of halogens is 1. The second kappa shape index (κ2) is 6.31. The van der Waals surface area contributed by atoms with Crippen LogP contribution in [0.1, 0.15) is 5.56 Å². The number of carbonyl (C=O) groups excluding carboxylic acids is 2. The van der Waals surface area contributed by atoms with E-state index in [9.17, 15) is 14.7 Å². The topological polar surface area (TPSA) is 79.3 Å². The first-order chi connectivity index (χ1) is 9.56. The molecule has 2 rings (SSSR count). The van der Waals surface area contributed by atoms with Crippen molar-refractivity contribution in [1.29, 1.82) is 0 Å². The Hall–Kier alpha value is -2.18. The van der Waals surface area contributed by atoms with Crippen molar-refractivity contribution >= 4 is 45.5 Å². The van der Waals surface area contributed by atoms with Gasteiger partial charge in [0.1, 0.15) is 5.76 Å². The Morgan fingerprint density at radius 1 is 1.40 bits per heavy atom. The minimum Gasteiger partial charge on any atom is -0.507 e. The van der Waals surface area contributed by atoms with Crippen molar-refractivity contribution in [3.05, 3.63) is 52.5 Å². The van der Waals surface area contributed by atoms with Crippen molar-refractivity contribution in [3.8, 4) is 0 Å². The average Bonchev–Trinajstić information content (AvgIpc) is 2.91. The van der Waals surface area contributed by atoms with Gasteiger partial charge in [0.05, 0.1) is 0 Å². The molecule has 1 aromatic heterocycles. The van der Waals surface area contributed by atoms with Crippen molar-refractivity contribution in [3.63, 3.8) is 0 Å². The number of nitrogens with zero attached hydrogens (tertiary/aromatic N) is 1. The molecular formula is C13H9ClN2O3S. The fraction of sp³-hybridized carbons (Fsp3) is 0. The Kier molecular flexibility index (Phi) is 4.49. The standard InChI is InChI=1S/C13H9ClN2O3S/c14-9-3-1-2-8(6-9)10(17)7-11(18)12(19)16-13-15-4-5-20-13/h1-7,17H,(H,15,16,19). The number of nitrogens with one attached hydrogen (secondary N) is 1. The van der Waals surface area contributed by atoms with Crippen molar-refractivity contribution in [2.45, 2.75) is 0 Å². The van der Waals surface area contributed by atoms with E-state index in [4.69, 9.17) is 11.6 Å². The summed E-state index contributed by atoms with van der Waals surface area (Å²) in [6.07, 6.45) is 2.35. The third kappa shape index (κ3) is 3.66. The zero-order valence-corrected chi connectivity index (χ0v) is 11.6. The molecular weight excluding hydrogens is 300 g/mol. The number of carbonyl (C=O) groups is 2. The maximum atomic E-state index is 11.6. The summed E-state index contributed by atoms with van der Waals surface area (Å²) < 4.78 is 0. The fourth-order valence-electron chi connectivity index (χ4n) is 1.36. The summed E-state index contributed by atoms with van der Waals surface area (Å²) in [5, 5.41) is 14.5. The van der Waals surface area contributed by atoms with E-state index >= 15 is 0 Å². The van der Waals surface area contributed by atoms with Gasteiger partial charge in [0.2, 0.25) is 5.78 Å². The second-order valence-electron chi connectivity index (χ2n) is 3.70. The molecule has 0 unspecified atom stereocenters. The van der Waals surface area contributed by atoms with E-state index in [1.807, 2.05) is 0 Å². The molecule has 20 heavy (non-hydrogen) atoms. The average molecular weight is 309 g/mol. The number of hydrogen-bond acceptors (Lipinski definition) is 5. The predicted octanol–water partition coefficient (Wildman–Crippen LogP) is 2.90. The van der Waals surface area contributed by atoms with Crippen molar-refractivity contribution in [1.82, 2.24) is 4.98 Å². The largest absolute Gasteiger partial charge is 0.507 e. The number of aliphatic hydroxyl groups excluding tert-OH is 1. The summed E-state index contributed by atoms with van der Waals surface area (Å²) in [5.74, 6) is -2.07. The highest BCUT2D eigenvalue weighted by atomic mass is 35.5. The first-order valence-electron chi connectivity index (χ1n) is 5.47. The van der Waals surface area contributed by atoms with Gasteiger partial charge in [-0.05, 0) is 12.1 Å². The third-order valence-electron chi connectivity index (χ3n) is 2.26. The molecule has 2 N–H and O–H groups in total. The highest BCUT2D eigenvalue weighted by molar-refractivity contribution is 7.13. The number of hydrogen-bond donors (Lipinski definition) is 2. The van der Waals surface area contributed by atoms with Gasteiger partial charge in [-0.1, -0.05) is 23.7 Å². The Balaban J connectivity index is 2.09. The molecule has 1 amide bonds. The number of aromatic nitrogens is 1. The van der Waals surface area contributed by atoms with Crippen LogP contribution >= 0.6 is 22.9 Å². The van der Waals surface area contributed by atoms with E-state index in [-0.39, 0.29) is 5.76 Å². The first kappa shape index (κ1) is 14.2. The maximum Gasteiger partial charge on any atom is 0.298 e. The van der Waals surface area contributed by atoms with Crippen LogP contribution in [-0.2, 0) is 9.59 Å². The first-order valence-corrected chi connectivity index (χ1v) is 6.73. The van der Waals surface area contributed by atoms with Crippen LogP contribution in [0.2, 0.25) is 5.02 Å². The number of thiazole rings is 1. The Labute approximate surface area is 123 Å². The number of ketones is 1. The van der Waals surface area contributed by atoms with Crippen LogP contribution in [0.25, 0.3) is 5.76 Å². The van der Waals surface area contributed by atoms with Crippen LogP contribution in [0.4, 0.5) is 5.13 Å². The van der Waals surface area contributed by atoms with Crippen LogP contribution in [0.3, 0.4) is 0 Å². The molecule has 5 nitrogen and oxygen atoms in total. The van der Waals surface area contributed by atoms with Gasteiger partial charge in [0.25, 0.3) is 5.91 Å². The minimum absolute atomic E-state index is 0.319. The molecule has 0 radical (unpaired) electrons. The summed E-state index contributed by atoms with van der Waals surface area (Å²) in [7, 11) is 0. The van der Waals surface area contributed by atoms with Crippen molar-refractivity contribution < 1.29 is 14.7 Å². The predicted molar refractivity (Wildman–Crippen MR) is 77.8 cm³/mol. The molecule has 0 spiro atoms. The van der Waals surface area contributed by atoms with E-state index in [1.54, 1.807) is 23.6 Å². The monoisotopic (exact) mass is 308 g/mol. The number of rotatable bonds is 4. The summed E-state index contributed by atoms with van der Waals surface area (Å²) >= 11 is 6.96. The normalized spacial score (nSPS) is 11.2. The van der Waals surface area contributed by atoms with Gasteiger partial charge in [-0.3, -0.25) is 14.9 Å². The molecule has 0 saturated heterocycles. The van der Waals surface area contributed by atoms with E-state index in [1.165, 1.54) is 23.6 Å².